The third-order valence-electron chi connectivity index (χ3n) is 2.55. The second-order valence-corrected chi connectivity index (χ2v) is 3.77. The summed E-state index contributed by atoms with van der Waals surface area (Å²) in [6.07, 6.45) is 7.47. The molecule has 3 aromatic heterocycles. The molecule has 0 aliphatic heterocycles. The number of H-pyrrole nitrogens is 1. The number of aromatic amines is 1. The number of aromatic nitrogens is 5. The average molecular weight is 225 g/mol. The quantitative estimate of drug-likeness (QED) is 0.724. The lowest BCUT2D eigenvalue weighted by atomic mass is 10.1. The van der Waals surface area contributed by atoms with Crippen LogP contribution in [0.15, 0.2) is 43.0 Å². The van der Waals surface area contributed by atoms with Crippen LogP contribution in [0, 0.1) is 0 Å². The standard InChI is InChI=1S/C12H11N5/c1-17-8-10(9-4-6-13-7-9)12(16-17)11-3-2-5-14-15-11/h2-8,13H,1H3. The molecule has 3 aromatic rings. The van der Waals surface area contributed by atoms with Gasteiger partial charge < -0.3 is 4.98 Å². The van der Waals surface area contributed by atoms with Gasteiger partial charge in [-0.15, -0.1) is 5.10 Å². The molecule has 0 amide bonds. The second kappa shape index (κ2) is 3.86. The number of hydrogen-bond acceptors (Lipinski definition) is 3. The number of hydrogen-bond donors (Lipinski definition) is 1. The SMILES string of the molecule is Cn1cc(-c2cc[nH]c2)c(-c2cccnn2)n1. The lowest BCUT2D eigenvalue weighted by molar-refractivity contribution is 0.769. The van der Waals surface area contributed by atoms with Gasteiger partial charge in [0.15, 0.2) is 0 Å². The van der Waals surface area contributed by atoms with Crippen LogP contribution in [0.1, 0.15) is 0 Å². The Kier molecular flexibility index (Phi) is 2.22. The highest BCUT2D eigenvalue weighted by molar-refractivity contribution is 5.78. The van der Waals surface area contributed by atoms with Crippen LogP contribution in [-0.2, 0) is 7.05 Å². The molecule has 84 valence electrons. The highest BCUT2D eigenvalue weighted by atomic mass is 15.3. The summed E-state index contributed by atoms with van der Waals surface area (Å²) in [5, 5.41) is 12.4. The van der Waals surface area contributed by atoms with Crippen LogP contribution in [0.3, 0.4) is 0 Å². The molecule has 0 unspecified atom stereocenters. The van der Waals surface area contributed by atoms with Crippen molar-refractivity contribution in [1.29, 1.82) is 0 Å². The van der Waals surface area contributed by atoms with Crippen molar-refractivity contribution >= 4 is 0 Å². The molecule has 17 heavy (non-hydrogen) atoms. The van der Waals surface area contributed by atoms with Crippen LogP contribution in [0.4, 0.5) is 0 Å². The van der Waals surface area contributed by atoms with Gasteiger partial charge in [-0.2, -0.15) is 10.2 Å². The predicted molar refractivity (Wildman–Crippen MR) is 64.0 cm³/mol. The van der Waals surface area contributed by atoms with Gasteiger partial charge in [-0.1, -0.05) is 0 Å². The monoisotopic (exact) mass is 225 g/mol. The molecule has 0 bridgehead atoms. The van der Waals surface area contributed by atoms with Crippen molar-refractivity contribution < 1.29 is 0 Å². The maximum atomic E-state index is 4.44. The van der Waals surface area contributed by atoms with E-state index in [1.54, 1.807) is 10.9 Å². The minimum Gasteiger partial charge on any atom is -0.367 e. The molecule has 3 rings (SSSR count). The van der Waals surface area contributed by atoms with Gasteiger partial charge in [0.1, 0.15) is 11.4 Å². The van der Waals surface area contributed by atoms with Gasteiger partial charge >= 0.3 is 0 Å². The number of nitrogens with one attached hydrogen (secondary N) is 1. The molecule has 5 heteroatoms. The van der Waals surface area contributed by atoms with Gasteiger partial charge in [0.25, 0.3) is 0 Å². The highest BCUT2D eigenvalue weighted by Crippen LogP contribution is 2.28. The largest absolute Gasteiger partial charge is 0.367 e. The fourth-order valence-electron chi connectivity index (χ4n) is 1.81. The maximum Gasteiger partial charge on any atom is 0.120 e. The van der Waals surface area contributed by atoms with E-state index in [1.807, 2.05) is 43.8 Å². The zero-order valence-corrected chi connectivity index (χ0v) is 9.33. The molecule has 0 aliphatic carbocycles. The number of rotatable bonds is 2. The van der Waals surface area contributed by atoms with Crippen molar-refractivity contribution in [1.82, 2.24) is 25.0 Å². The molecule has 0 saturated heterocycles. The summed E-state index contributed by atoms with van der Waals surface area (Å²) in [5.41, 5.74) is 3.78. The third kappa shape index (κ3) is 1.71. The molecule has 0 aliphatic rings. The van der Waals surface area contributed by atoms with Gasteiger partial charge in [-0.3, -0.25) is 4.68 Å². The van der Waals surface area contributed by atoms with E-state index in [9.17, 15) is 0 Å². The van der Waals surface area contributed by atoms with Gasteiger partial charge in [0.2, 0.25) is 0 Å². The molecule has 1 N–H and O–H groups in total. The Labute approximate surface area is 98.1 Å². The maximum absolute atomic E-state index is 4.44. The first-order valence-electron chi connectivity index (χ1n) is 5.29. The van der Waals surface area contributed by atoms with E-state index in [0.29, 0.717) is 0 Å². The third-order valence-corrected chi connectivity index (χ3v) is 2.55. The van der Waals surface area contributed by atoms with Crippen molar-refractivity contribution in [2.45, 2.75) is 0 Å². The minimum atomic E-state index is 0.782. The fraction of sp³-hybridized carbons (Fsp3) is 0.0833. The van der Waals surface area contributed by atoms with Crippen LogP contribution in [0.5, 0.6) is 0 Å². The summed E-state index contributed by atoms with van der Waals surface area (Å²) in [6.45, 7) is 0. The molecular formula is C12H11N5. The van der Waals surface area contributed by atoms with E-state index in [4.69, 9.17) is 0 Å². The van der Waals surface area contributed by atoms with Crippen LogP contribution in [0.25, 0.3) is 22.5 Å². The summed E-state index contributed by atoms with van der Waals surface area (Å²) >= 11 is 0. The molecule has 0 atom stereocenters. The van der Waals surface area contributed by atoms with Crippen molar-refractivity contribution in [3.05, 3.63) is 43.0 Å². The van der Waals surface area contributed by atoms with E-state index in [-0.39, 0.29) is 0 Å². The number of aryl methyl sites for hydroxylation is 1. The van der Waals surface area contributed by atoms with Gasteiger partial charge in [0, 0.05) is 43.0 Å². The Morgan fingerprint density at radius 3 is 2.94 bits per heavy atom. The first-order valence-corrected chi connectivity index (χ1v) is 5.29. The van der Waals surface area contributed by atoms with E-state index < -0.39 is 0 Å². The predicted octanol–water partition coefficient (Wildman–Crippen LogP) is 1.87. The summed E-state index contributed by atoms with van der Waals surface area (Å²) in [5.74, 6) is 0. The molecular weight excluding hydrogens is 214 g/mol. The molecule has 0 aromatic carbocycles. The lowest BCUT2D eigenvalue weighted by Crippen LogP contribution is -1.90. The molecule has 5 nitrogen and oxygen atoms in total. The minimum absolute atomic E-state index is 0.782. The van der Waals surface area contributed by atoms with Crippen molar-refractivity contribution in [2.75, 3.05) is 0 Å². The van der Waals surface area contributed by atoms with Crippen LogP contribution in [-0.4, -0.2) is 25.0 Å². The summed E-state index contributed by atoms with van der Waals surface area (Å²) in [7, 11) is 1.90. The van der Waals surface area contributed by atoms with Crippen LogP contribution < -0.4 is 0 Å². The molecule has 0 saturated carbocycles. The molecule has 0 spiro atoms. The highest BCUT2D eigenvalue weighted by Gasteiger charge is 2.13. The number of nitrogens with zero attached hydrogens (tertiary/aromatic N) is 4. The zero-order valence-electron chi connectivity index (χ0n) is 9.33. The molecule has 0 fully saturated rings. The summed E-state index contributed by atoms with van der Waals surface area (Å²) in [4.78, 5) is 3.04. The van der Waals surface area contributed by atoms with Gasteiger partial charge in [0.05, 0.1) is 0 Å². The van der Waals surface area contributed by atoms with Crippen LogP contribution in [0.2, 0.25) is 0 Å². The lowest BCUT2D eigenvalue weighted by Gasteiger charge is -1.97. The fourth-order valence-corrected chi connectivity index (χ4v) is 1.81. The van der Waals surface area contributed by atoms with Crippen molar-refractivity contribution in [3.63, 3.8) is 0 Å². The average Bonchev–Trinajstić information content (AvgIpc) is 2.98. The Morgan fingerprint density at radius 2 is 2.24 bits per heavy atom. The topological polar surface area (TPSA) is 59.4 Å². The van der Waals surface area contributed by atoms with E-state index >= 15 is 0 Å². The van der Waals surface area contributed by atoms with Crippen molar-refractivity contribution in [3.8, 4) is 22.5 Å². The first-order chi connectivity index (χ1) is 8.34. The van der Waals surface area contributed by atoms with Crippen molar-refractivity contribution in [2.24, 2.45) is 7.05 Å². The normalized spacial score (nSPS) is 10.6. The van der Waals surface area contributed by atoms with E-state index in [2.05, 4.69) is 20.3 Å². The Bertz CT molecular complexity index is 610. The smallest absolute Gasteiger partial charge is 0.120 e. The Hall–Kier alpha value is -2.43. The summed E-state index contributed by atoms with van der Waals surface area (Å²) in [6, 6.07) is 5.78. The van der Waals surface area contributed by atoms with Gasteiger partial charge in [-0.05, 0) is 18.2 Å². The van der Waals surface area contributed by atoms with Crippen LogP contribution >= 0.6 is 0 Å². The second-order valence-electron chi connectivity index (χ2n) is 3.77. The van der Waals surface area contributed by atoms with E-state index in [1.165, 1.54) is 0 Å². The molecule has 0 radical (unpaired) electrons. The molecule has 3 heterocycles. The Balaban J connectivity index is 2.18. The zero-order chi connectivity index (χ0) is 11.7. The van der Waals surface area contributed by atoms with Gasteiger partial charge in [-0.25, -0.2) is 0 Å². The first kappa shape index (κ1) is 9.77. The van der Waals surface area contributed by atoms with E-state index in [0.717, 1.165) is 22.5 Å². The summed E-state index contributed by atoms with van der Waals surface area (Å²) < 4.78 is 1.78. The Morgan fingerprint density at radius 1 is 1.29 bits per heavy atom.